The molecule has 9 nitrogen and oxygen atoms in total. The van der Waals surface area contributed by atoms with Gasteiger partial charge in [0, 0.05) is 7.05 Å². The van der Waals surface area contributed by atoms with E-state index < -0.39 is 30.4 Å². The number of aromatic nitrogens is 2. The summed E-state index contributed by atoms with van der Waals surface area (Å²) in [4.78, 5) is 42.7. The van der Waals surface area contributed by atoms with Gasteiger partial charge in [-0.1, -0.05) is 4.99 Å². The van der Waals surface area contributed by atoms with Crippen molar-refractivity contribution < 1.29 is 19.0 Å². The first-order valence-electron chi connectivity index (χ1n) is 6.79. The molecule has 1 saturated heterocycles. The Kier molecular flexibility index (Phi) is 2.84. The first-order valence-corrected chi connectivity index (χ1v) is 6.79. The van der Waals surface area contributed by atoms with Crippen LogP contribution in [0.15, 0.2) is 4.99 Å². The number of carbonyl (C=O) groups excluding carboxylic acids is 3. The fourth-order valence-electron chi connectivity index (χ4n) is 2.90. The summed E-state index contributed by atoms with van der Waals surface area (Å²) in [6.45, 7) is 3.38. The Balaban J connectivity index is 2.15. The number of nitrogens with zero attached hydrogens (tertiary/aromatic N) is 5. The molecule has 1 fully saturated rings. The monoisotopic (exact) mass is 305 g/mol. The Morgan fingerprint density at radius 3 is 2.59 bits per heavy atom. The predicted molar refractivity (Wildman–Crippen MR) is 75.3 cm³/mol. The van der Waals surface area contributed by atoms with Gasteiger partial charge in [-0.05, 0) is 13.8 Å². The van der Waals surface area contributed by atoms with Crippen LogP contribution < -0.4 is 10.3 Å². The van der Waals surface area contributed by atoms with Crippen LogP contribution in [0.5, 0.6) is 0 Å². The molecule has 116 valence electrons. The third-order valence-electron chi connectivity index (χ3n) is 4.30. The van der Waals surface area contributed by atoms with Crippen LogP contribution >= 0.6 is 0 Å². The number of primary amides is 1. The highest BCUT2D eigenvalue weighted by Crippen LogP contribution is 2.34. The molecule has 4 amide bonds. The highest BCUT2D eigenvalue weighted by atomic mass is 16.2. The van der Waals surface area contributed by atoms with E-state index in [0.717, 1.165) is 16.3 Å². The van der Waals surface area contributed by atoms with Crippen LogP contribution in [-0.4, -0.2) is 51.6 Å². The van der Waals surface area contributed by atoms with E-state index in [0.29, 0.717) is 11.8 Å². The summed E-state index contributed by atoms with van der Waals surface area (Å²) in [6, 6.07) is -1.33. The van der Waals surface area contributed by atoms with Gasteiger partial charge in [-0.15, -0.1) is 0 Å². The van der Waals surface area contributed by atoms with Crippen LogP contribution in [0.25, 0.3) is 0 Å². The predicted octanol–water partition coefficient (Wildman–Crippen LogP) is -1.11. The smallest absolute Gasteiger partial charge is 0.368 e. The fraction of sp³-hybridized carbons (Fsp3) is 0.462. The van der Waals surface area contributed by atoms with E-state index in [1.54, 1.807) is 4.57 Å². The summed E-state index contributed by atoms with van der Waals surface area (Å²) in [7, 11) is 3.38. The number of amides is 4. The van der Waals surface area contributed by atoms with Crippen molar-refractivity contribution >= 4 is 29.6 Å². The molecule has 3 heterocycles. The number of fused-ring (bicyclic) bond motifs is 3. The summed E-state index contributed by atoms with van der Waals surface area (Å²) in [5.41, 5.74) is 7.00. The molecule has 1 aromatic heterocycles. The highest BCUT2D eigenvalue weighted by molar-refractivity contribution is 6.21. The summed E-state index contributed by atoms with van der Waals surface area (Å²) in [6.07, 6.45) is 0. The lowest BCUT2D eigenvalue weighted by atomic mass is 10.1. The van der Waals surface area contributed by atoms with Crippen molar-refractivity contribution in [3.05, 3.63) is 11.4 Å². The van der Waals surface area contributed by atoms with E-state index in [2.05, 4.69) is 4.99 Å². The number of imide groups is 1. The van der Waals surface area contributed by atoms with Crippen molar-refractivity contribution in [3.8, 4) is 0 Å². The average Bonchev–Trinajstić information content (AvgIpc) is 2.95. The number of aliphatic imine (C=N–C) groups is 1. The molecule has 2 aliphatic heterocycles. The van der Waals surface area contributed by atoms with Crippen LogP contribution in [0.2, 0.25) is 0 Å². The van der Waals surface area contributed by atoms with Crippen molar-refractivity contribution in [1.29, 1.82) is 0 Å². The third kappa shape index (κ3) is 1.62. The molecule has 0 aliphatic carbocycles. The third-order valence-corrected chi connectivity index (χ3v) is 4.30. The molecule has 1 unspecified atom stereocenters. The first-order chi connectivity index (χ1) is 10.3. The number of nitrogens with two attached hydrogens (primary N) is 1. The van der Waals surface area contributed by atoms with Crippen molar-refractivity contribution in [2.24, 2.45) is 17.8 Å². The van der Waals surface area contributed by atoms with Gasteiger partial charge in [-0.3, -0.25) is 19.4 Å². The second-order valence-electron chi connectivity index (χ2n) is 5.50. The Bertz CT molecular complexity index is 762. The van der Waals surface area contributed by atoms with Crippen LogP contribution in [0.4, 0.5) is 10.7 Å². The van der Waals surface area contributed by atoms with Crippen LogP contribution in [0.3, 0.4) is 0 Å². The van der Waals surface area contributed by atoms with E-state index >= 15 is 0 Å². The maximum absolute atomic E-state index is 12.7. The minimum atomic E-state index is -0.739. The zero-order valence-electron chi connectivity index (χ0n) is 12.8. The molecular formula is C13H17N6O3+. The summed E-state index contributed by atoms with van der Waals surface area (Å²) < 4.78 is 3.65. The summed E-state index contributed by atoms with van der Waals surface area (Å²) >= 11 is 0. The van der Waals surface area contributed by atoms with Gasteiger partial charge >= 0.3 is 12.0 Å². The molecule has 2 aliphatic rings. The molecule has 1 atom stereocenters. The van der Waals surface area contributed by atoms with Gasteiger partial charge < -0.3 is 5.73 Å². The molecule has 1 aromatic rings. The second-order valence-corrected chi connectivity index (χ2v) is 5.50. The van der Waals surface area contributed by atoms with E-state index in [4.69, 9.17) is 5.73 Å². The summed E-state index contributed by atoms with van der Waals surface area (Å²) in [5.74, 6) is -0.258. The first kappa shape index (κ1) is 14.2. The lowest BCUT2D eigenvalue weighted by Gasteiger charge is -2.32. The normalized spacial score (nSPS) is 20.2. The number of carbonyl (C=O) groups is 3. The SMILES string of the molecule is Cc1c(C)[n+](C)c2n1C1C(=O)N(CC(N)=O)C(=O)N(C)C1=N2. The van der Waals surface area contributed by atoms with Gasteiger partial charge in [0.05, 0.1) is 7.05 Å². The van der Waals surface area contributed by atoms with Gasteiger partial charge in [0.15, 0.2) is 0 Å². The maximum atomic E-state index is 12.7. The van der Waals surface area contributed by atoms with Crippen molar-refractivity contribution in [1.82, 2.24) is 14.4 Å². The van der Waals surface area contributed by atoms with Crippen molar-refractivity contribution in [2.45, 2.75) is 19.9 Å². The standard InChI is InChI=1S/C13H16N6O3/c1-6-7(2)19-9-10(15-12(19)16(6)3)17(4)13(22)18(11(9)21)5-8(14)20/h9H,5H2,1-4H3,(H-,14,20)/p+1. The Morgan fingerprint density at radius 1 is 1.36 bits per heavy atom. The largest absolute Gasteiger partial charge is 0.401 e. The maximum Gasteiger partial charge on any atom is 0.401 e. The molecule has 0 radical (unpaired) electrons. The number of amidine groups is 1. The molecule has 0 bridgehead atoms. The molecule has 3 rings (SSSR count). The zero-order chi connectivity index (χ0) is 16.3. The number of imidazole rings is 1. The molecule has 0 spiro atoms. The van der Waals surface area contributed by atoms with Crippen LogP contribution in [0, 0.1) is 13.8 Å². The topological polar surface area (TPSA) is 105 Å². The van der Waals surface area contributed by atoms with Crippen LogP contribution in [-0.2, 0) is 16.6 Å². The Hall–Kier alpha value is -2.71. The van der Waals surface area contributed by atoms with Gasteiger partial charge in [-0.25, -0.2) is 13.9 Å². The van der Waals surface area contributed by atoms with Crippen LogP contribution in [0.1, 0.15) is 17.4 Å². The summed E-state index contributed by atoms with van der Waals surface area (Å²) in [5, 5.41) is 0. The molecular weight excluding hydrogens is 288 g/mol. The molecule has 0 aromatic carbocycles. The van der Waals surface area contributed by atoms with E-state index in [9.17, 15) is 14.4 Å². The van der Waals surface area contributed by atoms with E-state index in [1.807, 2.05) is 25.5 Å². The fourth-order valence-corrected chi connectivity index (χ4v) is 2.90. The number of rotatable bonds is 2. The number of urea groups is 1. The van der Waals surface area contributed by atoms with Crippen molar-refractivity contribution in [2.75, 3.05) is 13.6 Å². The minimum absolute atomic E-state index is 0.365. The van der Waals surface area contributed by atoms with E-state index in [-0.39, 0.29) is 0 Å². The van der Waals surface area contributed by atoms with Gasteiger partial charge in [0.1, 0.15) is 17.9 Å². The van der Waals surface area contributed by atoms with Gasteiger partial charge in [0.25, 0.3) is 5.91 Å². The van der Waals surface area contributed by atoms with Gasteiger partial charge in [-0.2, -0.15) is 0 Å². The Labute approximate surface area is 126 Å². The highest BCUT2D eigenvalue weighted by Gasteiger charge is 2.54. The second kappa shape index (κ2) is 4.39. The number of likely N-dealkylation sites (N-methyl/N-ethyl adjacent to an activating group) is 1. The quantitative estimate of drug-likeness (QED) is 0.701. The lowest BCUT2D eigenvalue weighted by Crippen LogP contribution is -2.59. The number of hydrogen-bond donors (Lipinski definition) is 1. The zero-order valence-corrected chi connectivity index (χ0v) is 12.8. The lowest BCUT2D eigenvalue weighted by molar-refractivity contribution is -0.663. The molecule has 2 N–H and O–H groups in total. The van der Waals surface area contributed by atoms with Gasteiger partial charge in [0.2, 0.25) is 17.8 Å². The molecule has 9 heteroatoms. The Morgan fingerprint density at radius 2 is 2.00 bits per heavy atom. The molecule has 0 saturated carbocycles. The van der Waals surface area contributed by atoms with Crippen molar-refractivity contribution in [3.63, 3.8) is 0 Å². The average molecular weight is 305 g/mol. The number of hydrogen-bond acceptors (Lipinski definition) is 4. The minimum Gasteiger partial charge on any atom is -0.368 e. The molecule has 22 heavy (non-hydrogen) atoms. The van der Waals surface area contributed by atoms with E-state index in [1.165, 1.54) is 11.9 Å².